The number of hydrogen-bond donors (Lipinski definition) is 0. The number of likely N-dealkylation sites (tertiary alicyclic amines) is 1. The Hall–Kier alpha value is -3.07. The monoisotopic (exact) mass is 493 g/mol. The van der Waals surface area contributed by atoms with Crippen LogP contribution in [0.5, 0.6) is 0 Å². The average molecular weight is 494 g/mol. The van der Waals surface area contributed by atoms with Gasteiger partial charge in [0.1, 0.15) is 12.4 Å². The normalized spacial score (nSPS) is 20.9. The molecular formula is C26H31N5O3S. The molecule has 3 amide bonds. The summed E-state index contributed by atoms with van der Waals surface area (Å²) < 4.78 is 0. The highest BCUT2D eigenvalue weighted by Crippen LogP contribution is 2.40. The number of rotatable bonds is 4. The molecule has 2 fully saturated rings. The van der Waals surface area contributed by atoms with Gasteiger partial charge in [-0.15, -0.1) is 11.8 Å². The largest absolute Gasteiger partial charge is 0.353 e. The molecule has 1 aromatic carbocycles. The number of amides is 3. The van der Waals surface area contributed by atoms with Gasteiger partial charge in [-0.3, -0.25) is 14.4 Å². The minimum absolute atomic E-state index is 0.0518. The summed E-state index contributed by atoms with van der Waals surface area (Å²) in [5.41, 5.74) is 0.711. The zero-order valence-corrected chi connectivity index (χ0v) is 20.7. The van der Waals surface area contributed by atoms with Crippen molar-refractivity contribution in [2.45, 2.75) is 35.8 Å². The summed E-state index contributed by atoms with van der Waals surface area (Å²) in [6, 6.07) is 13.4. The second-order valence-electron chi connectivity index (χ2n) is 9.19. The van der Waals surface area contributed by atoms with Crippen molar-refractivity contribution in [1.82, 2.24) is 14.8 Å². The summed E-state index contributed by atoms with van der Waals surface area (Å²) in [5, 5.41) is -0.836. The van der Waals surface area contributed by atoms with Crippen molar-refractivity contribution in [3.8, 4) is 0 Å². The fourth-order valence-corrected chi connectivity index (χ4v) is 6.14. The highest BCUT2D eigenvalue weighted by atomic mass is 32.2. The van der Waals surface area contributed by atoms with Crippen LogP contribution in [0.25, 0.3) is 0 Å². The van der Waals surface area contributed by atoms with Crippen LogP contribution in [0.15, 0.2) is 53.6 Å². The van der Waals surface area contributed by atoms with Crippen molar-refractivity contribution in [3.05, 3.63) is 48.7 Å². The van der Waals surface area contributed by atoms with Gasteiger partial charge in [0, 0.05) is 50.4 Å². The molecule has 0 radical (unpaired) electrons. The molecule has 4 heterocycles. The number of anilines is 2. The molecule has 0 spiro atoms. The Morgan fingerprint density at radius 1 is 0.857 bits per heavy atom. The molecule has 0 aliphatic carbocycles. The van der Waals surface area contributed by atoms with E-state index in [4.69, 9.17) is 0 Å². The van der Waals surface area contributed by atoms with E-state index in [1.807, 2.05) is 52.3 Å². The number of fused-ring (bicyclic) bond motifs is 1. The van der Waals surface area contributed by atoms with Crippen molar-refractivity contribution in [1.29, 1.82) is 0 Å². The van der Waals surface area contributed by atoms with E-state index in [1.54, 1.807) is 6.20 Å². The minimum atomic E-state index is -0.836. The number of piperazine rings is 1. The molecule has 9 heteroatoms. The molecule has 1 aromatic heterocycles. The summed E-state index contributed by atoms with van der Waals surface area (Å²) in [6.45, 7) is 3.88. The summed E-state index contributed by atoms with van der Waals surface area (Å²) in [4.78, 5) is 52.9. The van der Waals surface area contributed by atoms with Crippen molar-refractivity contribution in [2.24, 2.45) is 0 Å². The maximum Gasteiger partial charge on any atom is 0.250 e. The number of pyridine rings is 1. The van der Waals surface area contributed by atoms with E-state index in [2.05, 4.69) is 9.88 Å². The SMILES string of the molecule is O=C(CN1C(=O)C(C(=O)N2CCCCCC2)Sc2ccccc21)N1CCN(c2ccccn2)CC1. The van der Waals surface area contributed by atoms with Crippen molar-refractivity contribution in [2.75, 3.05) is 55.6 Å². The first kappa shape index (κ1) is 23.7. The number of carbonyl (C=O) groups is 3. The number of thioether (sulfide) groups is 1. The summed E-state index contributed by atoms with van der Waals surface area (Å²) in [7, 11) is 0. The highest BCUT2D eigenvalue weighted by Gasteiger charge is 2.41. The Labute approximate surface area is 210 Å². The molecular weight excluding hydrogens is 462 g/mol. The summed E-state index contributed by atoms with van der Waals surface area (Å²) >= 11 is 1.32. The molecule has 2 aromatic rings. The van der Waals surface area contributed by atoms with Gasteiger partial charge in [-0.05, 0) is 37.1 Å². The summed E-state index contributed by atoms with van der Waals surface area (Å²) in [5.74, 6) is 0.398. The van der Waals surface area contributed by atoms with Gasteiger partial charge in [0.05, 0.1) is 5.69 Å². The maximum atomic E-state index is 13.6. The second kappa shape index (κ2) is 10.7. The van der Waals surface area contributed by atoms with E-state index in [9.17, 15) is 14.4 Å². The van der Waals surface area contributed by atoms with E-state index >= 15 is 0 Å². The maximum absolute atomic E-state index is 13.6. The molecule has 1 unspecified atom stereocenters. The molecule has 1 atom stereocenters. The van der Waals surface area contributed by atoms with Crippen molar-refractivity contribution < 1.29 is 14.4 Å². The van der Waals surface area contributed by atoms with Gasteiger partial charge in [0.2, 0.25) is 11.8 Å². The topological polar surface area (TPSA) is 77.1 Å². The Balaban J connectivity index is 1.28. The lowest BCUT2D eigenvalue weighted by atomic mass is 10.2. The van der Waals surface area contributed by atoms with Crippen molar-refractivity contribution >= 4 is 41.0 Å². The number of benzene rings is 1. The first-order valence-electron chi connectivity index (χ1n) is 12.4. The molecule has 0 saturated carbocycles. The zero-order valence-electron chi connectivity index (χ0n) is 19.8. The van der Waals surface area contributed by atoms with Gasteiger partial charge in [-0.2, -0.15) is 0 Å². The van der Waals surface area contributed by atoms with E-state index in [1.165, 1.54) is 16.7 Å². The molecule has 2 saturated heterocycles. The van der Waals surface area contributed by atoms with E-state index in [-0.39, 0.29) is 24.3 Å². The molecule has 0 N–H and O–H groups in total. The lowest BCUT2D eigenvalue weighted by molar-refractivity contribution is -0.136. The van der Waals surface area contributed by atoms with Crippen LogP contribution in [0.3, 0.4) is 0 Å². The van der Waals surface area contributed by atoms with Crippen LogP contribution in [0.2, 0.25) is 0 Å². The molecule has 184 valence electrons. The van der Waals surface area contributed by atoms with Crippen LogP contribution in [-0.2, 0) is 14.4 Å². The predicted molar refractivity (Wildman–Crippen MR) is 137 cm³/mol. The Morgan fingerprint density at radius 2 is 1.57 bits per heavy atom. The third-order valence-electron chi connectivity index (χ3n) is 6.93. The average Bonchev–Trinajstić information content (AvgIpc) is 3.20. The van der Waals surface area contributed by atoms with Gasteiger partial charge in [0.25, 0.3) is 5.91 Å². The van der Waals surface area contributed by atoms with Crippen LogP contribution in [0, 0.1) is 0 Å². The van der Waals surface area contributed by atoms with Crippen molar-refractivity contribution in [3.63, 3.8) is 0 Å². The fourth-order valence-electron chi connectivity index (χ4n) is 4.95. The molecule has 8 nitrogen and oxygen atoms in total. The highest BCUT2D eigenvalue weighted by molar-refractivity contribution is 8.01. The lowest BCUT2D eigenvalue weighted by Crippen LogP contribution is -2.55. The van der Waals surface area contributed by atoms with Crippen LogP contribution in [-0.4, -0.2) is 83.6 Å². The second-order valence-corrected chi connectivity index (χ2v) is 10.3. The quantitative estimate of drug-likeness (QED) is 0.610. The first-order chi connectivity index (χ1) is 17.1. The van der Waals surface area contributed by atoms with Crippen LogP contribution in [0.1, 0.15) is 25.7 Å². The fraction of sp³-hybridized carbons (Fsp3) is 0.462. The molecule has 5 rings (SSSR count). The third-order valence-corrected chi connectivity index (χ3v) is 8.17. The lowest BCUT2D eigenvalue weighted by Gasteiger charge is -2.38. The Bertz CT molecular complexity index is 1070. The zero-order chi connectivity index (χ0) is 24.2. The Kier molecular flexibility index (Phi) is 7.22. The van der Waals surface area contributed by atoms with E-state index in [0.29, 0.717) is 45.0 Å². The molecule has 3 aliphatic heterocycles. The minimum Gasteiger partial charge on any atom is -0.353 e. The smallest absolute Gasteiger partial charge is 0.250 e. The van der Waals surface area contributed by atoms with Gasteiger partial charge in [0.15, 0.2) is 5.25 Å². The van der Waals surface area contributed by atoms with Gasteiger partial charge in [-0.1, -0.05) is 31.0 Å². The standard InChI is InChI=1S/C26H31N5O3S/c32-23(29-17-15-28(16-18-29)22-11-5-6-12-27-22)19-31-20-9-3-4-10-21(20)35-24(26(31)34)25(33)30-13-7-1-2-8-14-30/h3-6,9-12,24H,1-2,7-8,13-19H2. The van der Waals surface area contributed by atoms with Gasteiger partial charge >= 0.3 is 0 Å². The molecule has 3 aliphatic rings. The van der Waals surface area contributed by atoms with E-state index in [0.717, 1.165) is 36.4 Å². The molecule has 0 bridgehead atoms. The predicted octanol–water partition coefficient (Wildman–Crippen LogP) is 2.64. The van der Waals surface area contributed by atoms with Crippen LogP contribution >= 0.6 is 11.8 Å². The third kappa shape index (κ3) is 5.15. The number of para-hydroxylation sites is 1. The van der Waals surface area contributed by atoms with Crippen LogP contribution < -0.4 is 9.80 Å². The number of hydrogen-bond acceptors (Lipinski definition) is 6. The number of aromatic nitrogens is 1. The van der Waals surface area contributed by atoms with Gasteiger partial charge in [-0.25, -0.2) is 4.98 Å². The summed E-state index contributed by atoms with van der Waals surface area (Å²) in [6.07, 6.45) is 5.95. The van der Waals surface area contributed by atoms with E-state index < -0.39 is 5.25 Å². The van der Waals surface area contributed by atoms with Crippen LogP contribution in [0.4, 0.5) is 11.5 Å². The first-order valence-corrected chi connectivity index (χ1v) is 13.3. The number of carbonyl (C=O) groups excluding carboxylic acids is 3. The number of nitrogens with zero attached hydrogens (tertiary/aromatic N) is 5. The molecule has 35 heavy (non-hydrogen) atoms. The van der Waals surface area contributed by atoms with Gasteiger partial charge < -0.3 is 19.6 Å². The Morgan fingerprint density at radius 3 is 2.29 bits per heavy atom.